The van der Waals surface area contributed by atoms with Gasteiger partial charge in [0, 0.05) is 29.2 Å². The molecule has 1 amide bonds. The number of piperidine rings is 1. The van der Waals surface area contributed by atoms with Crippen LogP contribution in [0.5, 0.6) is 0 Å². The second kappa shape index (κ2) is 6.06. The lowest BCUT2D eigenvalue weighted by atomic mass is 10.0. The molecular formula is C15H21BrN2O. The van der Waals surface area contributed by atoms with Crippen LogP contribution in [0.15, 0.2) is 22.7 Å². The fourth-order valence-electron chi connectivity index (χ4n) is 2.49. The summed E-state index contributed by atoms with van der Waals surface area (Å²) in [6.07, 6.45) is 2.12. The molecule has 2 rings (SSSR count). The van der Waals surface area contributed by atoms with Crippen LogP contribution in [-0.2, 0) is 0 Å². The fraction of sp³-hybridized carbons (Fsp3) is 0.533. The zero-order chi connectivity index (χ0) is 14.0. The Labute approximate surface area is 123 Å². The molecule has 19 heavy (non-hydrogen) atoms. The predicted octanol–water partition coefficient (Wildman–Crippen LogP) is 2.92. The molecule has 1 saturated heterocycles. The monoisotopic (exact) mass is 324 g/mol. The molecule has 1 aromatic carbocycles. The van der Waals surface area contributed by atoms with Crippen molar-refractivity contribution < 1.29 is 4.79 Å². The molecule has 0 saturated carbocycles. The Hall–Kier alpha value is -0.870. The first kappa shape index (κ1) is 14.5. The highest BCUT2D eigenvalue weighted by atomic mass is 79.9. The number of amides is 1. The van der Waals surface area contributed by atoms with Crippen molar-refractivity contribution in [1.29, 1.82) is 0 Å². The van der Waals surface area contributed by atoms with E-state index in [1.54, 1.807) is 0 Å². The maximum atomic E-state index is 12.4. The maximum absolute atomic E-state index is 12.4. The van der Waals surface area contributed by atoms with Crippen LogP contribution in [0.3, 0.4) is 0 Å². The Morgan fingerprint density at radius 2 is 1.95 bits per heavy atom. The van der Waals surface area contributed by atoms with E-state index in [1.165, 1.54) is 0 Å². The molecule has 0 aromatic heterocycles. The molecule has 0 radical (unpaired) electrons. The molecule has 1 fully saturated rings. The van der Waals surface area contributed by atoms with Gasteiger partial charge in [-0.15, -0.1) is 0 Å². The summed E-state index contributed by atoms with van der Waals surface area (Å²) >= 11 is 3.49. The highest BCUT2D eigenvalue weighted by molar-refractivity contribution is 9.10. The van der Waals surface area contributed by atoms with Crippen LogP contribution < -0.4 is 0 Å². The van der Waals surface area contributed by atoms with E-state index in [9.17, 15) is 4.79 Å². The molecule has 1 heterocycles. The van der Waals surface area contributed by atoms with Gasteiger partial charge in [0.2, 0.25) is 0 Å². The van der Waals surface area contributed by atoms with Gasteiger partial charge in [0.25, 0.3) is 5.91 Å². The summed E-state index contributed by atoms with van der Waals surface area (Å²) in [5.41, 5.74) is 1.93. The Morgan fingerprint density at radius 3 is 2.47 bits per heavy atom. The first-order valence-corrected chi connectivity index (χ1v) is 7.50. The normalized spacial score (nSPS) is 17.0. The van der Waals surface area contributed by atoms with Gasteiger partial charge in [0.15, 0.2) is 0 Å². The third kappa shape index (κ3) is 3.37. The number of likely N-dealkylation sites (tertiary alicyclic amines) is 1. The van der Waals surface area contributed by atoms with Crippen LogP contribution in [0, 0.1) is 6.92 Å². The Morgan fingerprint density at radius 1 is 1.32 bits per heavy atom. The smallest absolute Gasteiger partial charge is 0.253 e. The fourth-order valence-corrected chi connectivity index (χ4v) is 2.87. The van der Waals surface area contributed by atoms with Crippen LogP contribution in [0.25, 0.3) is 0 Å². The second-order valence-electron chi connectivity index (χ2n) is 5.45. The van der Waals surface area contributed by atoms with Gasteiger partial charge in [-0.1, -0.05) is 22.0 Å². The van der Waals surface area contributed by atoms with Gasteiger partial charge in [-0.3, -0.25) is 4.79 Å². The molecule has 0 N–H and O–H groups in total. The van der Waals surface area contributed by atoms with Gasteiger partial charge in [-0.05, 0) is 51.6 Å². The third-order valence-corrected chi connectivity index (χ3v) is 4.76. The van der Waals surface area contributed by atoms with Crippen molar-refractivity contribution in [2.75, 3.05) is 27.2 Å². The molecule has 1 aliphatic heterocycles. The predicted molar refractivity (Wildman–Crippen MR) is 81.5 cm³/mol. The zero-order valence-corrected chi connectivity index (χ0v) is 13.4. The van der Waals surface area contributed by atoms with E-state index in [0.717, 1.165) is 41.5 Å². The van der Waals surface area contributed by atoms with Gasteiger partial charge >= 0.3 is 0 Å². The lowest BCUT2D eigenvalue weighted by Gasteiger charge is -2.35. The number of rotatable bonds is 2. The lowest BCUT2D eigenvalue weighted by Crippen LogP contribution is -2.44. The molecule has 1 aliphatic rings. The van der Waals surface area contributed by atoms with Crippen molar-refractivity contribution in [2.45, 2.75) is 25.8 Å². The minimum absolute atomic E-state index is 0.151. The lowest BCUT2D eigenvalue weighted by molar-refractivity contribution is 0.0663. The second-order valence-corrected chi connectivity index (χ2v) is 6.31. The average Bonchev–Trinajstić information content (AvgIpc) is 2.41. The van der Waals surface area contributed by atoms with E-state index in [2.05, 4.69) is 34.9 Å². The van der Waals surface area contributed by atoms with Crippen molar-refractivity contribution in [3.63, 3.8) is 0 Å². The van der Waals surface area contributed by atoms with E-state index in [1.807, 2.05) is 30.0 Å². The Bertz CT molecular complexity index is 465. The van der Waals surface area contributed by atoms with Crippen LogP contribution >= 0.6 is 15.9 Å². The summed E-state index contributed by atoms with van der Waals surface area (Å²) in [6, 6.07) is 6.44. The minimum Gasteiger partial charge on any atom is -0.339 e. The third-order valence-electron chi connectivity index (χ3n) is 3.90. The molecule has 4 heteroatoms. The van der Waals surface area contributed by atoms with Crippen LogP contribution in [-0.4, -0.2) is 48.9 Å². The number of hydrogen-bond acceptors (Lipinski definition) is 2. The number of nitrogens with zero attached hydrogens (tertiary/aromatic N) is 2. The summed E-state index contributed by atoms with van der Waals surface area (Å²) in [5.74, 6) is 0.151. The Balaban J connectivity index is 2.03. The molecule has 0 spiro atoms. The van der Waals surface area contributed by atoms with E-state index in [0.29, 0.717) is 6.04 Å². The van der Waals surface area contributed by atoms with Crippen molar-refractivity contribution >= 4 is 21.8 Å². The van der Waals surface area contributed by atoms with Crippen LogP contribution in [0.2, 0.25) is 0 Å². The number of aryl methyl sites for hydroxylation is 1. The SMILES string of the molecule is Cc1ccc(C(=O)N2CCC(N(C)C)CC2)cc1Br. The number of carbonyl (C=O) groups is 1. The van der Waals surface area contributed by atoms with E-state index in [-0.39, 0.29) is 5.91 Å². The summed E-state index contributed by atoms with van der Waals surface area (Å²) < 4.78 is 1.00. The van der Waals surface area contributed by atoms with Gasteiger partial charge in [0.05, 0.1) is 0 Å². The van der Waals surface area contributed by atoms with Crippen molar-refractivity contribution in [2.24, 2.45) is 0 Å². The number of benzene rings is 1. The minimum atomic E-state index is 0.151. The standard InChI is InChI=1S/C15H21BrN2O/c1-11-4-5-12(10-14(11)16)15(19)18-8-6-13(7-9-18)17(2)3/h4-5,10,13H,6-9H2,1-3H3. The van der Waals surface area contributed by atoms with E-state index < -0.39 is 0 Å². The summed E-state index contributed by atoms with van der Waals surface area (Å²) in [4.78, 5) is 16.7. The van der Waals surface area contributed by atoms with Crippen LogP contribution in [0.1, 0.15) is 28.8 Å². The molecule has 0 atom stereocenters. The van der Waals surface area contributed by atoms with Gasteiger partial charge in [-0.25, -0.2) is 0 Å². The summed E-state index contributed by atoms with van der Waals surface area (Å²) in [6.45, 7) is 3.74. The Kier molecular flexibility index (Phi) is 4.63. The quantitative estimate of drug-likeness (QED) is 0.835. The van der Waals surface area contributed by atoms with Gasteiger partial charge < -0.3 is 9.80 Å². The number of hydrogen-bond donors (Lipinski definition) is 0. The molecule has 104 valence electrons. The highest BCUT2D eigenvalue weighted by Crippen LogP contribution is 2.21. The van der Waals surface area contributed by atoms with E-state index in [4.69, 9.17) is 0 Å². The van der Waals surface area contributed by atoms with Crippen molar-refractivity contribution in [1.82, 2.24) is 9.80 Å². The van der Waals surface area contributed by atoms with Crippen molar-refractivity contribution in [3.05, 3.63) is 33.8 Å². The average molecular weight is 325 g/mol. The van der Waals surface area contributed by atoms with Gasteiger partial charge in [-0.2, -0.15) is 0 Å². The molecule has 0 bridgehead atoms. The highest BCUT2D eigenvalue weighted by Gasteiger charge is 2.24. The molecule has 0 unspecified atom stereocenters. The topological polar surface area (TPSA) is 23.6 Å². The number of halogens is 1. The molecule has 3 nitrogen and oxygen atoms in total. The first-order valence-electron chi connectivity index (χ1n) is 6.71. The van der Waals surface area contributed by atoms with Crippen molar-refractivity contribution in [3.8, 4) is 0 Å². The number of carbonyl (C=O) groups excluding carboxylic acids is 1. The first-order chi connectivity index (χ1) is 8.99. The molecule has 1 aromatic rings. The maximum Gasteiger partial charge on any atom is 0.253 e. The molecular weight excluding hydrogens is 304 g/mol. The molecule has 0 aliphatic carbocycles. The summed E-state index contributed by atoms with van der Waals surface area (Å²) in [5, 5.41) is 0. The zero-order valence-electron chi connectivity index (χ0n) is 11.8. The largest absolute Gasteiger partial charge is 0.339 e. The summed E-state index contributed by atoms with van der Waals surface area (Å²) in [7, 11) is 4.22. The van der Waals surface area contributed by atoms with Crippen LogP contribution in [0.4, 0.5) is 0 Å². The van der Waals surface area contributed by atoms with Gasteiger partial charge in [0.1, 0.15) is 0 Å². The van der Waals surface area contributed by atoms with E-state index >= 15 is 0 Å².